The van der Waals surface area contributed by atoms with E-state index in [-0.39, 0.29) is 11.3 Å². The van der Waals surface area contributed by atoms with E-state index in [0.717, 1.165) is 12.8 Å². The highest BCUT2D eigenvalue weighted by Crippen LogP contribution is 2.17. The number of ether oxygens (including phenoxy) is 1. The summed E-state index contributed by atoms with van der Waals surface area (Å²) >= 11 is 0. The number of nitrogens with two attached hydrogens (primary N) is 1. The van der Waals surface area contributed by atoms with Crippen LogP contribution in [0.1, 0.15) is 40.0 Å². The SMILES string of the molecule is CCC(C)(C)CNC(=O)C(N)CCCOC. The van der Waals surface area contributed by atoms with Crippen molar-refractivity contribution in [2.45, 2.75) is 46.1 Å². The lowest BCUT2D eigenvalue weighted by Gasteiger charge is -2.24. The van der Waals surface area contributed by atoms with Gasteiger partial charge in [0.2, 0.25) is 5.91 Å². The number of hydrogen-bond donors (Lipinski definition) is 2. The van der Waals surface area contributed by atoms with E-state index in [1.807, 2.05) is 0 Å². The van der Waals surface area contributed by atoms with E-state index in [1.54, 1.807) is 7.11 Å². The molecule has 0 spiro atoms. The zero-order chi connectivity index (χ0) is 12.6. The summed E-state index contributed by atoms with van der Waals surface area (Å²) in [6.07, 6.45) is 2.53. The van der Waals surface area contributed by atoms with E-state index >= 15 is 0 Å². The molecule has 0 rings (SSSR count). The van der Waals surface area contributed by atoms with Gasteiger partial charge in [0.1, 0.15) is 0 Å². The maximum atomic E-state index is 11.6. The quantitative estimate of drug-likeness (QED) is 0.618. The first kappa shape index (κ1) is 15.4. The number of rotatable bonds is 8. The third-order valence-corrected chi connectivity index (χ3v) is 2.90. The van der Waals surface area contributed by atoms with Crippen molar-refractivity contribution in [3.63, 3.8) is 0 Å². The second kappa shape index (κ2) is 7.63. The highest BCUT2D eigenvalue weighted by atomic mass is 16.5. The number of nitrogens with one attached hydrogen (secondary N) is 1. The van der Waals surface area contributed by atoms with Crippen LogP contribution >= 0.6 is 0 Å². The molecule has 1 atom stereocenters. The fourth-order valence-corrected chi connectivity index (χ4v) is 1.16. The van der Waals surface area contributed by atoms with Gasteiger partial charge >= 0.3 is 0 Å². The molecule has 0 aliphatic rings. The summed E-state index contributed by atoms with van der Waals surface area (Å²) in [5, 5.41) is 2.90. The predicted molar refractivity (Wildman–Crippen MR) is 66.2 cm³/mol. The molecule has 0 aliphatic heterocycles. The molecule has 4 nitrogen and oxygen atoms in total. The van der Waals surface area contributed by atoms with Crippen molar-refractivity contribution in [1.82, 2.24) is 5.32 Å². The van der Waals surface area contributed by atoms with Gasteiger partial charge in [0, 0.05) is 20.3 Å². The first-order valence-electron chi connectivity index (χ1n) is 5.95. The van der Waals surface area contributed by atoms with Gasteiger partial charge in [-0.1, -0.05) is 20.8 Å². The molecule has 0 radical (unpaired) electrons. The topological polar surface area (TPSA) is 64.4 Å². The Balaban J connectivity index is 3.79. The minimum Gasteiger partial charge on any atom is -0.385 e. The third-order valence-electron chi connectivity index (χ3n) is 2.90. The first-order valence-corrected chi connectivity index (χ1v) is 5.95. The molecular weight excluding hydrogens is 204 g/mol. The maximum absolute atomic E-state index is 11.6. The lowest BCUT2D eigenvalue weighted by molar-refractivity contribution is -0.123. The molecule has 0 bridgehead atoms. The molecule has 0 saturated carbocycles. The Morgan fingerprint density at radius 3 is 2.62 bits per heavy atom. The molecule has 0 aromatic heterocycles. The summed E-state index contributed by atoms with van der Waals surface area (Å²) in [4.78, 5) is 11.6. The molecule has 0 fully saturated rings. The molecule has 0 aromatic carbocycles. The smallest absolute Gasteiger partial charge is 0.236 e. The molecule has 0 heterocycles. The van der Waals surface area contributed by atoms with E-state index in [9.17, 15) is 4.79 Å². The van der Waals surface area contributed by atoms with Gasteiger partial charge in [0.15, 0.2) is 0 Å². The lowest BCUT2D eigenvalue weighted by atomic mass is 9.90. The number of methoxy groups -OCH3 is 1. The normalized spacial score (nSPS) is 13.6. The average molecular weight is 230 g/mol. The monoisotopic (exact) mass is 230 g/mol. The van der Waals surface area contributed by atoms with Crippen LogP contribution < -0.4 is 11.1 Å². The van der Waals surface area contributed by atoms with Gasteiger partial charge in [-0.15, -0.1) is 0 Å². The van der Waals surface area contributed by atoms with Crippen molar-refractivity contribution in [3.8, 4) is 0 Å². The standard InChI is InChI=1S/C12H26N2O2/c1-5-12(2,3)9-14-11(15)10(13)7-6-8-16-4/h10H,5-9,13H2,1-4H3,(H,14,15). The van der Waals surface area contributed by atoms with Crippen LogP contribution in [0.3, 0.4) is 0 Å². The molecule has 96 valence electrons. The zero-order valence-corrected chi connectivity index (χ0v) is 11.0. The van der Waals surface area contributed by atoms with Crippen LogP contribution in [-0.4, -0.2) is 32.2 Å². The van der Waals surface area contributed by atoms with Gasteiger partial charge < -0.3 is 15.8 Å². The Morgan fingerprint density at radius 1 is 1.50 bits per heavy atom. The van der Waals surface area contributed by atoms with Gasteiger partial charge in [-0.05, 0) is 24.7 Å². The highest BCUT2D eigenvalue weighted by Gasteiger charge is 2.18. The largest absolute Gasteiger partial charge is 0.385 e. The summed E-state index contributed by atoms with van der Waals surface area (Å²) in [6.45, 7) is 7.71. The zero-order valence-electron chi connectivity index (χ0n) is 11.0. The minimum atomic E-state index is -0.414. The van der Waals surface area contributed by atoms with Crippen LogP contribution in [0.5, 0.6) is 0 Å². The summed E-state index contributed by atoms with van der Waals surface area (Å²) in [5.74, 6) is -0.0578. The van der Waals surface area contributed by atoms with Crippen LogP contribution in [0.25, 0.3) is 0 Å². The van der Waals surface area contributed by atoms with Crippen molar-refractivity contribution >= 4 is 5.91 Å². The Kier molecular flexibility index (Phi) is 7.34. The maximum Gasteiger partial charge on any atom is 0.236 e. The Labute approximate surface area is 98.9 Å². The molecular formula is C12H26N2O2. The van der Waals surface area contributed by atoms with Crippen molar-refractivity contribution in [2.24, 2.45) is 11.1 Å². The van der Waals surface area contributed by atoms with Crippen LogP contribution in [-0.2, 0) is 9.53 Å². The Morgan fingerprint density at radius 2 is 2.12 bits per heavy atom. The second-order valence-electron chi connectivity index (χ2n) is 4.98. The van der Waals surface area contributed by atoms with E-state index < -0.39 is 6.04 Å². The summed E-state index contributed by atoms with van der Waals surface area (Å²) in [6, 6.07) is -0.414. The number of carbonyl (C=O) groups is 1. The number of amides is 1. The number of carbonyl (C=O) groups excluding carboxylic acids is 1. The van der Waals surface area contributed by atoms with Crippen molar-refractivity contribution in [3.05, 3.63) is 0 Å². The van der Waals surface area contributed by atoms with E-state index in [2.05, 4.69) is 26.1 Å². The first-order chi connectivity index (χ1) is 7.43. The van der Waals surface area contributed by atoms with Crippen molar-refractivity contribution in [2.75, 3.05) is 20.3 Å². The fourth-order valence-electron chi connectivity index (χ4n) is 1.16. The van der Waals surface area contributed by atoms with Gasteiger partial charge in [-0.2, -0.15) is 0 Å². The Bertz CT molecular complexity index is 205. The van der Waals surface area contributed by atoms with Crippen molar-refractivity contribution < 1.29 is 9.53 Å². The second-order valence-corrected chi connectivity index (χ2v) is 4.98. The third kappa shape index (κ3) is 6.80. The predicted octanol–water partition coefficient (Wildman–Crippen LogP) is 1.29. The van der Waals surface area contributed by atoms with Gasteiger partial charge in [0.05, 0.1) is 6.04 Å². The van der Waals surface area contributed by atoms with Crippen molar-refractivity contribution in [1.29, 1.82) is 0 Å². The molecule has 0 aliphatic carbocycles. The van der Waals surface area contributed by atoms with Crippen LogP contribution in [0.2, 0.25) is 0 Å². The van der Waals surface area contributed by atoms with E-state index in [1.165, 1.54) is 0 Å². The highest BCUT2D eigenvalue weighted by molar-refractivity contribution is 5.81. The molecule has 16 heavy (non-hydrogen) atoms. The summed E-state index contributed by atoms with van der Waals surface area (Å²) < 4.78 is 4.92. The van der Waals surface area contributed by atoms with Crippen LogP contribution in [0, 0.1) is 5.41 Å². The van der Waals surface area contributed by atoms with E-state index in [0.29, 0.717) is 19.6 Å². The lowest BCUT2D eigenvalue weighted by Crippen LogP contribution is -2.44. The Hall–Kier alpha value is -0.610. The van der Waals surface area contributed by atoms with Crippen LogP contribution in [0.4, 0.5) is 0 Å². The fraction of sp³-hybridized carbons (Fsp3) is 0.917. The molecule has 0 saturated heterocycles. The minimum absolute atomic E-state index is 0.0578. The average Bonchev–Trinajstić information content (AvgIpc) is 2.26. The van der Waals surface area contributed by atoms with Gasteiger partial charge in [-0.3, -0.25) is 4.79 Å². The molecule has 1 amide bonds. The van der Waals surface area contributed by atoms with Crippen LogP contribution in [0.15, 0.2) is 0 Å². The molecule has 4 heteroatoms. The molecule has 0 aromatic rings. The van der Waals surface area contributed by atoms with Gasteiger partial charge in [0.25, 0.3) is 0 Å². The van der Waals surface area contributed by atoms with E-state index in [4.69, 9.17) is 10.5 Å². The molecule has 3 N–H and O–H groups in total. The molecule has 1 unspecified atom stereocenters. The summed E-state index contributed by atoms with van der Waals surface area (Å²) in [5.41, 5.74) is 5.90. The van der Waals surface area contributed by atoms with Gasteiger partial charge in [-0.25, -0.2) is 0 Å². The number of hydrogen-bond acceptors (Lipinski definition) is 3. The summed E-state index contributed by atoms with van der Waals surface area (Å²) in [7, 11) is 1.65.